The van der Waals surface area contributed by atoms with Crippen LogP contribution < -0.4 is 0 Å². The Bertz CT molecular complexity index is 893. The SMILES string of the molecule is Cc1ccc(-c2ccc3[nH]c(CCN4CCCC4C)cc3c2)c(C)n1. The van der Waals surface area contributed by atoms with E-state index in [9.17, 15) is 0 Å². The van der Waals surface area contributed by atoms with Gasteiger partial charge in [0.15, 0.2) is 0 Å². The van der Waals surface area contributed by atoms with Crippen molar-refractivity contribution in [3.8, 4) is 11.1 Å². The van der Waals surface area contributed by atoms with Crippen LogP contribution >= 0.6 is 0 Å². The van der Waals surface area contributed by atoms with Crippen molar-refractivity contribution in [1.29, 1.82) is 0 Å². The van der Waals surface area contributed by atoms with Gasteiger partial charge in [0.25, 0.3) is 0 Å². The third-order valence-electron chi connectivity index (χ3n) is 5.57. The zero-order valence-corrected chi connectivity index (χ0v) is 15.5. The fourth-order valence-electron chi connectivity index (χ4n) is 4.08. The predicted octanol–water partition coefficient (Wildman–Crippen LogP) is 4.87. The molecule has 1 unspecified atom stereocenters. The maximum atomic E-state index is 4.60. The van der Waals surface area contributed by atoms with Gasteiger partial charge in [0.1, 0.15) is 0 Å². The second-order valence-corrected chi connectivity index (χ2v) is 7.46. The first-order valence-corrected chi connectivity index (χ1v) is 9.40. The maximum absolute atomic E-state index is 4.60. The Morgan fingerprint density at radius 3 is 2.80 bits per heavy atom. The molecule has 1 saturated heterocycles. The lowest BCUT2D eigenvalue weighted by atomic mass is 10.0. The Hall–Kier alpha value is -2.13. The molecule has 3 heterocycles. The van der Waals surface area contributed by atoms with Gasteiger partial charge < -0.3 is 9.88 Å². The fraction of sp³-hybridized carbons (Fsp3) is 0.409. The number of rotatable bonds is 4. The van der Waals surface area contributed by atoms with Crippen LogP contribution in [-0.2, 0) is 6.42 Å². The topological polar surface area (TPSA) is 31.9 Å². The molecule has 0 amide bonds. The van der Waals surface area contributed by atoms with E-state index in [1.165, 1.54) is 47.1 Å². The van der Waals surface area contributed by atoms with Crippen molar-refractivity contribution in [3.63, 3.8) is 0 Å². The minimum Gasteiger partial charge on any atom is -0.358 e. The Labute approximate surface area is 150 Å². The number of aromatic nitrogens is 2. The van der Waals surface area contributed by atoms with E-state index in [2.05, 4.69) is 65.1 Å². The number of H-pyrrole nitrogens is 1. The summed E-state index contributed by atoms with van der Waals surface area (Å²) < 4.78 is 0. The first kappa shape index (κ1) is 16.3. The van der Waals surface area contributed by atoms with Crippen LogP contribution in [0.1, 0.15) is 36.8 Å². The predicted molar refractivity (Wildman–Crippen MR) is 105 cm³/mol. The molecular weight excluding hydrogens is 306 g/mol. The molecule has 0 spiro atoms. The quantitative estimate of drug-likeness (QED) is 0.738. The first-order chi connectivity index (χ1) is 12.1. The molecule has 130 valence electrons. The molecule has 0 bridgehead atoms. The van der Waals surface area contributed by atoms with Crippen LogP contribution in [0.5, 0.6) is 0 Å². The van der Waals surface area contributed by atoms with Crippen molar-refractivity contribution in [2.75, 3.05) is 13.1 Å². The lowest BCUT2D eigenvalue weighted by Crippen LogP contribution is -2.29. The fourth-order valence-corrected chi connectivity index (χ4v) is 4.08. The van der Waals surface area contributed by atoms with Crippen LogP contribution in [-0.4, -0.2) is 34.0 Å². The smallest absolute Gasteiger partial charge is 0.0456 e. The molecule has 1 aliphatic rings. The average molecular weight is 333 g/mol. The summed E-state index contributed by atoms with van der Waals surface area (Å²) in [6.45, 7) is 8.89. The summed E-state index contributed by atoms with van der Waals surface area (Å²) in [5.74, 6) is 0. The molecular formula is C22H27N3. The third-order valence-corrected chi connectivity index (χ3v) is 5.57. The summed E-state index contributed by atoms with van der Waals surface area (Å²) in [5.41, 5.74) is 7.20. The standard InChI is InChI=1S/C22H27N3/c1-15-6-8-21(17(3)23-15)18-7-9-22-19(13-18)14-20(24-22)10-12-25-11-4-5-16(25)2/h6-9,13-14,16,24H,4-5,10-12H2,1-3H3. The summed E-state index contributed by atoms with van der Waals surface area (Å²) in [6.07, 6.45) is 3.79. The minimum absolute atomic E-state index is 0.744. The number of hydrogen-bond donors (Lipinski definition) is 1. The van der Waals surface area contributed by atoms with E-state index in [-0.39, 0.29) is 0 Å². The van der Waals surface area contributed by atoms with Gasteiger partial charge in [-0.15, -0.1) is 0 Å². The summed E-state index contributed by atoms with van der Waals surface area (Å²) in [5, 5.41) is 1.29. The Morgan fingerprint density at radius 2 is 2.04 bits per heavy atom. The second-order valence-electron chi connectivity index (χ2n) is 7.46. The number of likely N-dealkylation sites (tertiary alicyclic amines) is 1. The van der Waals surface area contributed by atoms with E-state index < -0.39 is 0 Å². The monoisotopic (exact) mass is 333 g/mol. The highest BCUT2D eigenvalue weighted by molar-refractivity contribution is 5.86. The van der Waals surface area contributed by atoms with E-state index in [0.29, 0.717) is 0 Å². The van der Waals surface area contributed by atoms with Gasteiger partial charge in [-0.2, -0.15) is 0 Å². The van der Waals surface area contributed by atoms with Crippen molar-refractivity contribution < 1.29 is 0 Å². The molecule has 25 heavy (non-hydrogen) atoms. The van der Waals surface area contributed by atoms with Gasteiger partial charge in [-0.1, -0.05) is 12.1 Å². The normalized spacial score (nSPS) is 18.3. The van der Waals surface area contributed by atoms with E-state index in [0.717, 1.165) is 30.4 Å². The minimum atomic E-state index is 0.744. The number of nitrogens with zero attached hydrogens (tertiary/aromatic N) is 2. The zero-order valence-electron chi connectivity index (χ0n) is 15.5. The van der Waals surface area contributed by atoms with Crippen LogP contribution in [0.15, 0.2) is 36.4 Å². The largest absolute Gasteiger partial charge is 0.358 e. The maximum Gasteiger partial charge on any atom is 0.0456 e. The molecule has 2 aromatic heterocycles. The van der Waals surface area contributed by atoms with Gasteiger partial charge >= 0.3 is 0 Å². The van der Waals surface area contributed by atoms with Gasteiger partial charge in [-0.05, 0) is 70.0 Å². The van der Waals surface area contributed by atoms with Gasteiger partial charge in [0.2, 0.25) is 0 Å². The summed E-state index contributed by atoms with van der Waals surface area (Å²) in [6, 6.07) is 14.0. The van der Waals surface area contributed by atoms with E-state index in [1.807, 2.05) is 6.92 Å². The van der Waals surface area contributed by atoms with Crippen LogP contribution in [0, 0.1) is 13.8 Å². The van der Waals surface area contributed by atoms with E-state index >= 15 is 0 Å². The highest BCUT2D eigenvalue weighted by atomic mass is 15.2. The molecule has 4 rings (SSSR count). The summed E-state index contributed by atoms with van der Waals surface area (Å²) in [4.78, 5) is 10.8. The Balaban J connectivity index is 1.56. The average Bonchev–Trinajstić information content (AvgIpc) is 3.17. The van der Waals surface area contributed by atoms with Crippen LogP contribution in [0.2, 0.25) is 0 Å². The van der Waals surface area contributed by atoms with Crippen LogP contribution in [0.3, 0.4) is 0 Å². The van der Waals surface area contributed by atoms with E-state index in [4.69, 9.17) is 0 Å². The summed E-state index contributed by atoms with van der Waals surface area (Å²) >= 11 is 0. The van der Waals surface area contributed by atoms with Crippen molar-refractivity contribution in [2.45, 2.75) is 46.1 Å². The second kappa shape index (κ2) is 6.64. The zero-order chi connectivity index (χ0) is 17.4. The van der Waals surface area contributed by atoms with Crippen LogP contribution in [0.25, 0.3) is 22.0 Å². The highest BCUT2D eigenvalue weighted by Gasteiger charge is 2.19. The van der Waals surface area contributed by atoms with Gasteiger partial charge in [0, 0.05) is 52.6 Å². The van der Waals surface area contributed by atoms with Crippen molar-refractivity contribution in [1.82, 2.24) is 14.9 Å². The molecule has 1 aliphatic heterocycles. The molecule has 3 nitrogen and oxygen atoms in total. The third kappa shape index (κ3) is 3.34. The number of benzene rings is 1. The van der Waals surface area contributed by atoms with E-state index in [1.54, 1.807) is 0 Å². The molecule has 0 aliphatic carbocycles. The number of hydrogen-bond acceptors (Lipinski definition) is 2. The Kier molecular flexibility index (Phi) is 4.34. The Morgan fingerprint density at radius 1 is 1.16 bits per heavy atom. The van der Waals surface area contributed by atoms with Gasteiger partial charge in [-0.3, -0.25) is 4.98 Å². The molecule has 0 radical (unpaired) electrons. The molecule has 1 N–H and O–H groups in total. The number of nitrogens with one attached hydrogen (secondary N) is 1. The van der Waals surface area contributed by atoms with Gasteiger partial charge in [-0.25, -0.2) is 0 Å². The van der Waals surface area contributed by atoms with Crippen LogP contribution in [0.4, 0.5) is 0 Å². The number of aromatic amines is 1. The number of aryl methyl sites for hydroxylation is 2. The number of fused-ring (bicyclic) bond motifs is 1. The van der Waals surface area contributed by atoms with Crippen molar-refractivity contribution >= 4 is 10.9 Å². The molecule has 3 aromatic rings. The lowest BCUT2D eigenvalue weighted by molar-refractivity contribution is 0.271. The molecule has 3 heteroatoms. The van der Waals surface area contributed by atoms with Crippen molar-refractivity contribution in [3.05, 3.63) is 53.5 Å². The first-order valence-electron chi connectivity index (χ1n) is 9.40. The highest BCUT2D eigenvalue weighted by Crippen LogP contribution is 2.27. The molecule has 0 saturated carbocycles. The molecule has 1 aromatic carbocycles. The molecule has 1 fully saturated rings. The lowest BCUT2D eigenvalue weighted by Gasteiger charge is -2.20. The molecule has 1 atom stereocenters. The summed E-state index contributed by atoms with van der Waals surface area (Å²) in [7, 11) is 0. The van der Waals surface area contributed by atoms with Gasteiger partial charge in [0.05, 0.1) is 0 Å². The number of pyridine rings is 1. The van der Waals surface area contributed by atoms with Crippen molar-refractivity contribution in [2.24, 2.45) is 0 Å².